The largest absolute Gasteiger partial charge is 0.382 e. The Kier molecular flexibility index (Phi) is 2.86. The zero-order chi connectivity index (χ0) is 10.8. The van der Waals surface area contributed by atoms with Crippen LogP contribution in [0.25, 0.3) is 0 Å². The first-order chi connectivity index (χ1) is 7.16. The highest BCUT2D eigenvalue weighted by Gasteiger charge is 2.26. The van der Waals surface area contributed by atoms with Crippen molar-refractivity contribution in [3.8, 4) is 0 Å². The van der Waals surface area contributed by atoms with Gasteiger partial charge in [0.1, 0.15) is 5.82 Å². The van der Waals surface area contributed by atoms with E-state index in [1.165, 1.54) is 6.42 Å². The predicted molar refractivity (Wildman–Crippen MR) is 60.5 cm³/mol. The first-order valence-electron chi connectivity index (χ1n) is 5.50. The lowest BCUT2D eigenvalue weighted by molar-refractivity contribution is 0.272. The van der Waals surface area contributed by atoms with Crippen molar-refractivity contribution in [1.82, 2.24) is 15.1 Å². The second kappa shape index (κ2) is 4.14. The highest BCUT2D eigenvalue weighted by atomic mass is 15.2. The first-order valence-corrected chi connectivity index (χ1v) is 5.50. The van der Waals surface area contributed by atoms with E-state index in [4.69, 9.17) is 5.73 Å². The quantitative estimate of drug-likeness (QED) is 0.791. The molecule has 2 N–H and O–H groups in total. The molecule has 2 rings (SSSR count). The van der Waals surface area contributed by atoms with E-state index >= 15 is 0 Å². The SMILES string of the molecule is CC(C)N1CCC(c2ccc(N)nn2)C1. The molecular weight excluding hydrogens is 188 g/mol. The Morgan fingerprint density at radius 2 is 2.20 bits per heavy atom. The number of hydrogen-bond donors (Lipinski definition) is 1. The molecule has 4 heteroatoms. The maximum absolute atomic E-state index is 5.52. The zero-order valence-electron chi connectivity index (χ0n) is 9.35. The van der Waals surface area contributed by atoms with Gasteiger partial charge in [0.05, 0.1) is 5.69 Å². The van der Waals surface area contributed by atoms with Crippen LogP contribution in [0.2, 0.25) is 0 Å². The molecule has 0 aromatic carbocycles. The molecule has 82 valence electrons. The zero-order valence-corrected chi connectivity index (χ0v) is 9.35. The van der Waals surface area contributed by atoms with Gasteiger partial charge in [-0.1, -0.05) is 0 Å². The maximum atomic E-state index is 5.52. The molecule has 1 atom stereocenters. The second-order valence-electron chi connectivity index (χ2n) is 4.46. The third-order valence-electron chi connectivity index (χ3n) is 3.07. The topological polar surface area (TPSA) is 55.0 Å². The van der Waals surface area contributed by atoms with Crippen LogP contribution in [-0.2, 0) is 0 Å². The average Bonchev–Trinajstić information content (AvgIpc) is 2.68. The van der Waals surface area contributed by atoms with Gasteiger partial charge in [0, 0.05) is 18.5 Å². The number of nitrogens with two attached hydrogens (primary N) is 1. The van der Waals surface area contributed by atoms with Crippen LogP contribution in [0.3, 0.4) is 0 Å². The fraction of sp³-hybridized carbons (Fsp3) is 0.636. The normalized spacial score (nSPS) is 22.5. The summed E-state index contributed by atoms with van der Waals surface area (Å²) in [4.78, 5) is 2.47. The van der Waals surface area contributed by atoms with Crippen LogP contribution >= 0.6 is 0 Å². The lowest BCUT2D eigenvalue weighted by Gasteiger charge is -2.19. The van der Waals surface area contributed by atoms with E-state index in [2.05, 4.69) is 28.9 Å². The molecule has 15 heavy (non-hydrogen) atoms. The van der Waals surface area contributed by atoms with Crippen molar-refractivity contribution in [2.24, 2.45) is 0 Å². The van der Waals surface area contributed by atoms with E-state index in [-0.39, 0.29) is 0 Å². The number of anilines is 1. The van der Waals surface area contributed by atoms with Crippen LogP contribution in [0.4, 0.5) is 5.82 Å². The van der Waals surface area contributed by atoms with Crippen LogP contribution in [0.1, 0.15) is 31.9 Å². The van der Waals surface area contributed by atoms with Crippen molar-refractivity contribution in [1.29, 1.82) is 0 Å². The van der Waals surface area contributed by atoms with E-state index in [9.17, 15) is 0 Å². The minimum absolute atomic E-state index is 0.498. The number of likely N-dealkylation sites (tertiary alicyclic amines) is 1. The fourth-order valence-corrected chi connectivity index (χ4v) is 2.07. The Bertz CT molecular complexity index is 320. The molecule has 0 spiro atoms. The molecule has 4 nitrogen and oxygen atoms in total. The molecule has 0 aliphatic carbocycles. The van der Waals surface area contributed by atoms with Gasteiger partial charge >= 0.3 is 0 Å². The van der Waals surface area contributed by atoms with Gasteiger partial charge in [-0.05, 0) is 38.9 Å². The standard InChI is InChI=1S/C11H18N4/c1-8(2)15-6-5-9(7-15)10-3-4-11(12)14-13-10/h3-4,8-9H,5-7H2,1-2H3,(H2,12,14). The summed E-state index contributed by atoms with van der Waals surface area (Å²) in [6.45, 7) is 6.72. The minimum Gasteiger partial charge on any atom is -0.382 e. The molecule has 1 fully saturated rings. The summed E-state index contributed by atoms with van der Waals surface area (Å²) < 4.78 is 0. The molecule has 1 aliphatic heterocycles. The highest BCUT2D eigenvalue weighted by Crippen LogP contribution is 2.26. The van der Waals surface area contributed by atoms with Crippen molar-refractivity contribution in [3.05, 3.63) is 17.8 Å². The third kappa shape index (κ3) is 2.26. The molecule has 0 radical (unpaired) electrons. The molecule has 0 amide bonds. The summed E-state index contributed by atoms with van der Waals surface area (Å²) in [5, 5.41) is 8.06. The van der Waals surface area contributed by atoms with Gasteiger partial charge in [0.25, 0.3) is 0 Å². The lowest BCUT2D eigenvalue weighted by Crippen LogP contribution is -2.28. The Morgan fingerprint density at radius 1 is 1.40 bits per heavy atom. The molecular formula is C11H18N4. The van der Waals surface area contributed by atoms with Crippen molar-refractivity contribution in [2.45, 2.75) is 32.2 Å². The minimum atomic E-state index is 0.498. The van der Waals surface area contributed by atoms with Gasteiger partial charge < -0.3 is 10.6 Å². The molecule has 2 heterocycles. The van der Waals surface area contributed by atoms with E-state index in [0.717, 1.165) is 18.8 Å². The summed E-state index contributed by atoms with van der Waals surface area (Å²) in [6.07, 6.45) is 1.18. The Morgan fingerprint density at radius 3 is 2.73 bits per heavy atom. The predicted octanol–water partition coefficient (Wildman–Crippen LogP) is 1.26. The number of rotatable bonds is 2. The summed E-state index contributed by atoms with van der Waals surface area (Å²) in [5.41, 5.74) is 6.59. The van der Waals surface area contributed by atoms with Gasteiger partial charge in [-0.25, -0.2) is 0 Å². The van der Waals surface area contributed by atoms with Gasteiger partial charge in [0.15, 0.2) is 0 Å². The van der Waals surface area contributed by atoms with E-state index < -0.39 is 0 Å². The van der Waals surface area contributed by atoms with Gasteiger partial charge in [-0.2, -0.15) is 5.10 Å². The fourth-order valence-electron chi connectivity index (χ4n) is 2.07. The van der Waals surface area contributed by atoms with Crippen LogP contribution in [0.15, 0.2) is 12.1 Å². The molecule has 1 aromatic rings. The third-order valence-corrected chi connectivity index (χ3v) is 3.07. The first kappa shape index (κ1) is 10.4. The average molecular weight is 206 g/mol. The molecule has 1 aliphatic rings. The Balaban J connectivity index is 2.04. The van der Waals surface area contributed by atoms with Crippen molar-refractivity contribution in [2.75, 3.05) is 18.8 Å². The monoisotopic (exact) mass is 206 g/mol. The van der Waals surface area contributed by atoms with E-state index in [1.54, 1.807) is 0 Å². The van der Waals surface area contributed by atoms with Crippen molar-refractivity contribution in [3.63, 3.8) is 0 Å². The van der Waals surface area contributed by atoms with E-state index in [1.807, 2.05) is 12.1 Å². The van der Waals surface area contributed by atoms with Gasteiger partial charge in [-0.3, -0.25) is 0 Å². The van der Waals surface area contributed by atoms with Gasteiger partial charge in [-0.15, -0.1) is 5.10 Å². The van der Waals surface area contributed by atoms with Crippen LogP contribution < -0.4 is 5.73 Å². The molecule has 1 aromatic heterocycles. The highest BCUT2D eigenvalue weighted by molar-refractivity contribution is 5.27. The number of aromatic nitrogens is 2. The maximum Gasteiger partial charge on any atom is 0.146 e. The summed E-state index contributed by atoms with van der Waals surface area (Å²) in [7, 11) is 0. The number of hydrogen-bond acceptors (Lipinski definition) is 4. The van der Waals surface area contributed by atoms with Crippen LogP contribution in [0, 0.1) is 0 Å². The van der Waals surface area contributed by atoms with Crippen molar-refractivity contribution < 1.29 is 0 Å². The smallest absolute Gasteiger partial charge is 0.146 e. The second-order valence-corrected chi connectivity index (χ2v) is 4.46. The summed E-state index contributed by atoms with van der Waals surface area (Å²) >= 11 is 0. The van der Waals surface area contributed by atoms with Crippen LogP contribution in [-0.4, -0.2) is 34.2 Å². The van der Waals surface area contributed by atoms with Crippen molar-refractivity contribution >= 4 is 5.82 Å². The van der Waals surface area contributed by atoms with Crippen LogP contribution in [0.5, 0.6) is 0 Å². The summed E-state index contributed by atoms with van der Waals surface area (Å²) in [5.74, 6) is 1.03. The molecule has 1 unspecified atom stereocenters. The lowest BCUT2D eigenvalue weighted by atomic mass is 10.1. The van der Waals surface area contributed by atoms with Gasteiger partial charge in [0.2, 0.25) is 0 Å². The molecule has 1 saturated heterocycles. The number of nitrogen functional groups attached to an aromatic ring is 1. The molecule has 0 saturated carbocycles. The molecule has 0 bridgehead atoms. The van der Waals surface area contributed by atoms with E-state index in [0.29, 0.717) is 17.8 Å². The Hall–Kier alpha value is -1.16. The summed E-state index contributed by atoms with van der Waals surface area (Å²) in [6, 6.07) is 4.45. The number of nitrogens with zero attached hydrogens (tertiary/aromatic N) is 3. The Labute approximate surface area is 90.5 Å².